The number of H-pyrrole nitrogens is 1. The molecule has 4 nitrogen and oxygen atoms in total. The summed E-state index contributed by atoms with van der Waals surface area (Å²) < 4.78 is 91.4. The van der Waals surface area contributed by atoms with Crippen molar-refractivity contribution in [1.82, 2.24) is 4.98 Å². The third-order valence-corrected chi connectivity index (χ3v) is 5.61. The number of aromatic nitrogens is 1. The summed E-state index contributed by atoms with van der Waals surface area (Å²) >= 11 is 1.35. The lowest BCUT2D eigenvalue weighted by Crippen LogP contribution is -2.15. The van der Waals surface area contributed by atoms with E-state index in [-0.39, 0.29) is 17.0 Å². The average Bonchev–Trinajstić information content (AvgIpc) is 3.19. The number of rotatable bonds is 4. The first kappa shape index (κ1) is 18.4. The van der Waals surface area contributed by atoms with E-state index in [9.17, 15) is 30.4 Å². The number of hydrogen-bond acceptors (Lipinski definition) is 3. The summed E-state index contributed by atoms with van der Waals surface area (Å²) in [5, 5.41) is 1.78. The van der Waals surface area contributed by atoms with Crippen molar-refractivity contribution in [3.05, 3.63) is 59.1 Å². The molecule has 0 amide bonds. The van der Waals surface area contributed by atoms with Gasteiger partial charge in [-0.2, -0.15) is 13.2 Å². The monoisotopic (exact) mass is 408 g/mol. The zero-order valence-corrected chi connectivity index (χ0v) is 14.2. The van der Waals surface area contributed by atoms with Crippen LogP contribution in [0.25, 0.3) is 10.6 Å². The van der Waals surface area contributed by atoms with Crippen LogP contribution in [0.4, 0.5) is 27.6 Å². The van der Waals surface area contributed by atoms with Crippen molar-refractivity contribution in [1.29, 1.82) is 0 Å². The van der Waals surface area contributed by atoms with E-state index < -0.39 is 39.1 Å². The average molecular weight is 408 g/mol. The van der Waals surface area contributed by atoms with Gasteiger partial charge in [0.2, 0.25) is 0 Å². The number of halogens is 5. The Morgan fingerprint density at radius 1 is 1.08 bits per heavy atom. The van der Waals surface area contributed by atoms with Crippen molar-refractivity contribution in [2.75, 3.05) is 4.72 Å². The number of aromatic amines is 1. The molecule has 3 rings (SSSR count). The first-order valence-electron chi connectivity index (χ1n) is 6.89. The van der Waals surface area contributed by atoms with E-state index in [0.717, 1.165) is 11.1 Å². The van der Waals surface area contributed by atoms with Crippen molar-refractivity contribution >= 4 is 27.0 Å². The molecule has 3 aromatic rings. The van der Waals surface area contributed by atoms with Crippen molar-refractivity contribution < 1.29 is 30.4 Å². The molecule has 0 spiro atoms. The highest BCUT2D eigenvalue weighted by molar-refractivity contribution is 7.92. The van der Waals surface area contributed by atoms with Crippen LogP contribution >= 0.6 is 11.3 Å². The molecule has 0 saturated carbocycles. The highest BCUT2D eigenvalue weighted by atomic mass is 32.2. The van der Waals surface area contributed by atoms with E-state index in [0.29, 0.717) is 5.69 Å². The molecule has 26 heavy (non-hydrogen) atoms. The van der Waals surface area contributed by atoms with Crippen molar-refractivity contribution in [2.45, 2.75) is 11.1 Å². The molecule has 0 aliphatic heterocycles. The standard InChI is InChI=1S/C15H9F5N2O2S2/c16-10-6-12(11(17)5-9(10)15(18,19)20)22-26(23,24)8-4-13(21-7-8)14-2-1-3-25-14/h1-7,21-22H. The first-order chi connectivity index (χ1) is 12.1. The maximum absolute atomic E-state index is 13.8. The number of benzene rings is 1. The molecule has 0 radical (unpaired) electrons. The number of thiophene rings is 1. The molecule has 0 fully saturated rings. The fraction of sp³-hybridized carbons (Fsp3) is 0.0667. The molecule has 0 aliphatic carbocycles. The Balaban J connectivity index is 1.92. The van der Waals surface area contributed by atoms with Crippen LogP contribution in [0.3, 0.4) is 0 Å². The number of nitrogens with one attached hydrogen (secondary N) is 2. The lowest BCUT2D eigenvalue weighted by Gasteiger charge is -2.12. The molecule has 0 saturated heterocycles. The second kappa shape index (κ2) is 6.40. The summed E-state index contributed by atoms with van der Waals surface area (Å²) in [7, 11) is -4.34. The minimum Gasteiger partial charge on any atom is -0.359 e. The third kappa shape index (κ3) is 3.58. The Morgan fingerprint density at radius 2 is 1.81 bits per heavy atom. The topological polar surface area (TPSA) is 62.0 Å². The van der Waals surface area contributed by atoms with Crippen LogP contribution in [0.15, 0.2) is 46.8 Å². The van der Waals surface area contributed by atoms with Crippen LogP contribution in [0.5, 0.6) is 0 Å². The Kier molecular flexibility index (Phi) is 4.53. The van der Waals surface area contributed by atoms with Gasteiger partial charge in [0.1, 0.15) is 16.5 Å². The second-order valence-electron chi connectivity index (χ2n) is 5.14. The predicted molar refractivity (Wildman–Crippen MR) is 86.3 cm³/mol. The maximum atomic E-state index is 13.8. The smallest absolute Gasteiger partial charge is 0.359 e. The summed E-state index contributed by atoms with van der Waals surface area (Å²) in [6, 6.07) is 4.83. The summed E-state index contributed by atoms with van der Waals surface area (Å²) in [5.41, 5.74) is -2.26. The molecule has 0 aliphatic rings. The molecule has 0 bridgehead atoms. The van der Waals surface area contributed by atoms with Gasteiger partial charge in [-0.15, -0.1) is 11.3 Å². The van der Waals surface area contributed by atoms with E-state index in [4.69, 9.17) is 0 Å². The minimum atomic E-state index is -5.10. The Labute approximate surface area is 148 Å². The summed E-state index contributed by atoms with van der Waals surface area (Å²) in [5.74, 6) is -3.33. The summed E-state index contributed by atoms with van der Waals surface area (Å²) in [6.45, 7) is 0. The van der Waals surface area contributed by atoms with Gasteiger partial charge >= 0.3 is 6.18 Å². The van der Waals surface area contributed by atoms with E-state index in [1.54, 1.807) is 22.2 Å². The quantitative estimate of drug-likeness (QED) is 0.607. The van der Waals surface area contributed by atoms with Crippen LogP contribution in [0.1, 0.15) is 5.56 Å². The fourth-order valence-electron chi connectivity index (χ4n) is 2.15. The van der Waals surface area contributed by atoms with Crippen LogP contribution < -0.4 is 4.72 Å². The van der Waals surface area contributed by atoms with Gasteiger partial charge in [0.05, 0.1) is 21.8 Å². The Morgan fingerprint density at radius 3 is 2.42 bits per heavy atom. The van der Waals surface area contributed by atoms with E-state index in [1.807, 2.05) is 0 Å². The summed E-state index contributed by atoms with van der Waals surface area (Å²) in [6.07, 6.45) is -3.96. The maximum Gasteiger partial charge on any atom is 0.419 e. The van der Waals surface area contributed by atoms with Gasteiger partial charge < -0.3 is 4.98 Å². The molecule has 2 N–H and O–H groups in total. The van der Waals surface area contributed by atoms with Crippen LogP contribution in [-0.4, -0.2) is 13.4 Å². The van der Waals surface area contributed by atoms with Gasteiger partial charge in [-0.1, -0.05) is 6.07 Å². The zero-order valence-electron chi connectivity index (χ0n) is 12.6. The zero-order chi connectivity index (χ0) is 19.1. The molecule has 0 atom stereocenters. The van der Waals surface area contributed by atoms with Gasteiger partial charge in [0.25, 0.3) is 10.0 Å². The van der Waals surface area contributed by atoms with Gasteiger partial charge in [0, 0.05) is 12.3 Å². The molecule has 2 aromatic heterocycles. The summed E-state index contributed by atoms with van der Waals surface area (Å²) in [4.78, 5) is 3.20. The number of anilines is 1. The molecular weight excluding hydrogens is 399 g/mol. The second-order valence-corrected chi connectivity index (χ2v) is 7.77. The minimum absolute atomic E-state index is 0.0959. The Hall–Kier alpha value is -2.40. The van der Waals surface area contributed by atoms with Gasteiger partial charge in [-0.05, 0) is 23.6 Å². The van der Waals surface area contributed by atoms with Crippen LogP contribution in [0.2, 0.25) is 0 Å². The van der Waals surface area contributed by atoms with Gasteiger partial charge in [0.15, 0.2) is 0 Å². The molecular formula is C15H9F5N2O2S2. The SMILES string of the molecule is O=S(=O)(Nc1cc(F)c(C(F)(F)F)cc1F)c1c[nH]c(-c2cccs2)c1. The number of sulfonamides is 1. The van der Waals surface area contributed by atoms with E-state index in [2.05, 4.69) is 4.98 Å². The predicted octanol–water partition coefficient (Wildman–Crippen LogP) is 4.84. The third-order valence-electron chi connectivity index (χ3n) is 3.36. The lowest BCUT2D eigenvalue weighted by molar-refractivity contribution is -0.140. The number of hydrogen-bond donors (Lipinski definition) is 2. The van der Waals surface area contributed by atoms with Crippen molar-refractivity contribution in [2.24, 2.45) is 0 Å². The highest BCUT2D eigenvalue weighted by Crippen LogP contribution is 2.34. The van der Waals surface area contributed by atoms with E-state index in [1.165, 1.54) is 17.4 Å². The fourth-order valence-corrected chi connectivity index (χ4v) is 3.91. The molecule has 2 heterocycles. The normalized spacial score (nSPS) is 12.3. The highest BCUT2D eigenvalue weighted by Gasteiger charge is 2.35. The van der Waals surface area contributed by atoms with Crippen molar-refractivity contribution in [3.8, 4) is 10.6 Å². The molecule has 0 unspecified atom stereocenters. The molecule has 138 valence electrons. The molecule has 1 aromatic carbocycles. The van der Waals surface area contributed by atoms with Crippen molar-refractivity contribution in [3.63, 3.8) is 0 Å². The largest absolute Gasteiger partial charge is 0.419 e. The number of alkyl halides is 3. The van der Waals surface area contributed by atoms with Crippen LogP contribution in [0, 0.1) is 11.6 Å². The van der Waals surface area contributed by atoms with Crippen LogP contribution in [-0.2, 0) is 16.2 Å². The van der Waals surface area contributed by atoms with Gasteiger partial charge in [-0.3, -0.25) is 4.72 Å². The lowest BCUT2D eigenvalue weighted by atomic mass is 10.2. The first-order valence-corrected chi connectivity index (χ1v) is 9.25. The van der Waals surface area contributed by atoms with Gasteiger partial charge in [-0.25, -0.2) is 17.2 Å². The van der Waals surface area contributed by atoms with E-state index >= 15 is 0 Å². The Bertz CT molecular complexity index is 1040. The molecule has 11 heteroatoms.